The molecular formula is C20H22ClNOS. The molecule has 0 N–H and O–H groups in total. The maximum atomic E-state index is 12.9. The summed E-state index contributed by atoms with van der Waals surface area (Å²) in [5, 5.41) is 1.18. The number of rotatable bonds is 2. The van der Waals surface area contributed by atoms with Gasteiger partial charge in [-0.25, -0.2) is 0 Å². The molecule has 1 aliphatic rings. The highest BCUT2D eigenvalue weighted by molar-refractivity contribution is 7.99. The Morgan fingerprint density at radius 3 is 2.54 bits per heavy atom. The van der Waals surface area contributed by atoms with Crippen LogP contribution in [0.15, 0.2) is 42.5 Å². The topological polar surface area (TPSA) is 20.3 Å². The zero-order valence-corrected chi connectivity index (χ0v) is 15.7. The van der Waals surface area contributed by atoms with Gasteiger partial charge in [0.25, 0.3) is 5.91 Å². The fourth-order valence-corrected chi connectivity index (χ4v) is 4.84. The molecule has 0 bridgehead atoms. The zero-order valence-electron chi connectivity index (χ0n) is 14.1. The van der Waals surface area contributed by atoms with Crippen molar-refractivity contribution in [1.29, 1.82) is 0 Å². The third-order valence-electron chi connectivity index (χ3n) is 4.35. The molecule has 0 saturated carbocycles. The minimum atomic E-state index is 0.141. The molecule has 1 fully saturated rings. The van der Waals surface area contributed by atoms with Gasteiger partial charge in [0, 0.05) is 34.7 Å². The Balaban J connectivity index is 1.73. The number of aryl methyl sites for hydroxylation is 2. The Hall–Kier alpha value is -1.45. The zero-order chi connectivity index (χ0) is 17.1. The largest absolute Gasteiger partial charge is 0.338 e. The van der Waals surface area contributed by atoms with Crippen LogP contribution in [0.25, 0.3) is 0 Å². The molecule has 1 amide bonds. The molecule has 3 rings (SSSR count). The summed E-state index contributed by atoms with van der Waals surface area (Å²) in [6.45, 7) is 5.64. The van der Waals surface area contributed by atoms with Crippen molar-refractivity contribution < 1.29 is 4.79 Å². The van der Waals surface area contributed by atoms with Crippen LogP contribution in [-0.4, -0.2) is 29.6 Å². The second kappa shape index (κ2) is 7.62. The number of carbonyl (C=O) groups is 1. The van der Waals surface area contributed by atoms with E-state index in [1.165, 1.54) is 5.56 Å². The van der Waals surface area contributed by atoms with Crippen molar-refractivity contribution in [3.8, 4) is 0 Å². The Morgan fingerprint density at radius 1 is 1.12 bits per heavy atom. The van der Waals surface area contributed by atoms with E-state index in [0.717, 1.165) is 47.0 Å². The predicted molar refractivity (Wildman–Crippen MR) is 103 cm³/mol. The molecule has 0 radical (unpaired) electrons. The molecule has 1 unspecified atom stereocenters. The van der Waals surface area contributed by atoms with E-state index in [4.69, 9.17) is 11.6 Å². The molecule has 0 spiro atoms. The highest BCUT2D eigenvalue weighted by Gasteiger charge is 2.24. The van der Waals surface area contributed by atoms with Gasteiger partial charge in [0.1, 0.15) is 0 Å². The van der Waals surface area contributed by atoms with E-state index in [9.17, 15) is 4.79 Å². The normalized spacial score (nSPS) is 18.3. The summed E-state index contributed by atoms with van der Waals surface area (Å²) in [5.74, 6) is 1.08. The molecule has 126 valence electrons. The van der Waals surface area contributed by atoms with Crippen LogP contribution in [0, 0.1) is 13.8 Å². The van der Waals surface area contributed by atoms with Crippen LogP contribution < -0.4 is 0 Å². The van der Waals surface area contributed by atoms with Gasteiger partial charge in [0.2, 0.25) is 0 Å². The van der Waals surface area contributed by atoms with E-state index in [1.807, 2.05) is 60.8 Å². The lowest BCUT2D eigenvalue weighted by Crippen LogP contribution is -2.33. The lowest BCUT2D eigenvalue weighted by atomic mass is 10.1. The Morgan fingerprint density at radius 2 is 1.83 bits per heavy atom. The van der Waals surface area contributed by atoms with Crippen LogP contribution in [0.1, 0.15) is 38.7 Å². The van der Waals surface area contributed by atoms with Gasteiger partial charge in [-0.05, 0) is 44.0 Å². The molecule has 2 aromatic rings. The standard InChI is InChI=1S/C20H22ClNOS/c1-14-11-15(2)13-16(12-14)20(23)22-8-7-19(24-10-9-22)17-5-3-4-6-18(17)21/h3-6,11-13,19H,7-10H2,1-2H3. The number of thioether (sulfide) groups is 1. The van der Waals surface area contributed by atoms with Gasteiger partial charge in [-0.3, -0.25) is 4.79 Å². The number of nitrogens with zero attached hydrogens (tertiary/aromatic N) is 1. The van der Waals surface area contributed by atoms with Crippen molar-refractivity contribution in [2.75, 3.05) is 18.8 Å². The summed E-state index contributed by atoms with van der Waals surface area (Å²) < 4.78 is 0. The Kier molecular flexibility index (Phi) is 5.52. The minimum absolute atomic E-state index is 0.141. The van der Waals surface area contributed by atoms with Crippen LogP contribution in [0.3, 0.4) is 0 Å². The van der Waals surface area contributed by atoms with Crippen LogP contribution in [-0.2, 0) is 0 Å². The van der Waals surface area contributed by atoms with E-state index < -0.39 is 0 Å². The number of hydrogen-bond acceptors (Lipinski definition) is 2. The quantitative estimate of drug-likeness (QED) is 0.727. The highest BCUT2D eigenvalue weighted by atomic mass is 35.5. The molecule has 1 heterocycles. The average molecular weight is 360 g/mol. The van der Waals surface area contributed by atoms with Crippen LogP contribution in [0.4, 0.5) is 0 Å². The number of amides is 1. The van der Waals surface area contributed by atoms with Gasteiger partial charge >= 0.3 is 0 Å². The van der Waals surface area contributed by atoms with Crippen molar-refractivity contribution in [3.05, 3.63) is 69.7 Å². The summed E-state index contributed by atoms with van der Waals surface area (Å²) in [6.07, 6.45) is 0.935. The van der Waals surface area contributed by atoms with Gasteiger partial charge in [-0.15, -0.1) is 0 Å². The number of benzene rings is 2. The SMILES string of the molecule is Cc1cc(C)cc(C(=O)N2CCSC(c3ccccc3Cl)CC2)c1. The first-order chi connectivity index (χ1) is 11.5. The molecule has 1 saturated heterocycles. The number of hydrogen-bond donors (Lipinski definition) is 0. The maximum Gasteiger partial charge on any atom is 0.253 e. The third-order valence-corrected chi connectivity index (χ3v) is 6.00. The van der Waals surface area contributed by atoms with Crippen LogP contribution in [0.5, 0.6) is 0 Å². The molecule has 0 aliphatic carbocycles. The van der Waals surface area contributed by atoms with E-state index in [0.29, 0.717) is 5.25 Å². The molecule has 1 atom stereocenters. The third kappa shape index (κ3) is 3.96. The Bertz CT molecular complexity index is 726. The van der Waals surface area contributed by atoms with Crippen molar-refractivity contribution in [2.24, 2.45) is 0 Å². The lowest BCUT2D eigenvalue weighted by molar-refractivity contribution is 0.0766. The van der Waals surface area contributed by atoms with Crippen molar-refractivity contribution in [3.63, 3.8) is 0 Å². The summed E-state index contributed by atoms with van der Waals surface area (Å²) in [7, 11) is 0. The van der Waals surface area contributed by atoms with Crippen molar-refractivity contribution >= 4 is 29.3 Å². The first-order valence-corrected chi connectivity index (χ1v) is 9.71. The summed E-state index contributed by atoms with van der Waals surface area (Å²) in [5.41, 5.74) is 4.26. The summed E-state index contributed by atoms with van der Waals surface area (Å²) in [4.78, 5) is 14.8. The van der Waals surface area contributed by atoms with Gasteiger partial charge < -0.3 is 4.90 Å². The average Bonchev–Trinajstić information content (AvgIpc) is 2.79. The molecule has 1 aliphatic heterocycles. The second-order valence-corrected chi connectivity index (χ2v) is 8.06. The second-order valence-electron chi connectivity index (χ2n) is 6.34. The van der Waals surface area contributed by atoms with Gasteiger partial charge in [0.05, 0.1) is 0 Å². The van der Waals surface area contributed by atoms with Crippen molar-refractivity contribution in [1.82, 2.24) is 4.90 Å². The fraction of sp³-hybridized carbons (Fsp3) is 0.350. The van der Waals surface area contributed by atoms with Crippen LogP contribution in [0.2, 0.25) is 5.02 Å². The molecular weight excluding hydrogens is 338 g/mol. The summed E-state index contributed by atoms with van der Waals surface area (Å²) >= 11 is 8.24. The van der Waals surface area contributed by atoms with E-state index >= 15 is 0 Å². The smallest absolute Gasteiger partial charge is 0.253 e. The highest BCUT2D eigenvalue weighted by Crippen LogP contribution is 2.38. The molecule has 24 heavy (non-hydrogen) atoms. The van der Waals surface area contributed by atoms with Crippen molar-refractivity contribution in [2.45, 2.75) is 25.5 Å². The predicted octanol–water partition coefficient (Wildman–Crippen LogP) is 5.28. The molecule has 2 aromatic carbocycles. The Labute approximate surface area is 153 Å². The minimum Gasteiger partial charge on any atom is -0.338 e. The monoisotopic (exact) mass is 359 g/mol. The van der Waals surface area contributed by atoms with Gasteiger partial charge in [-0.1, -0.05) is 47.0 Å². The maximum absolute atomic E-state index is 12.9. The lowest BCUT2D eigenvalue weighted by Gasteiger charge is -2.21. The fourth-order valence-electron chi connectivity index (χ4n) is 3.24. The van der Waals surface area contributed by atoms with E-state index in [2.05, 4.69) is 12.1 Å². The molecule has 4 heteroatoms. The molecule has 0 aromatic heterocycles. The first kappa shape index (κ1) is 17.4. The van der Waals surface area contributed by atoms with E-state index in [1.54, 1.807) is 0 Å². The molecule has 2 nitrogen and oxygen atoms in total. The number of halogens is 1. The van der Waals surface area contributed by atoms with Gasteiger partial charge in [-0.2, -0.15) is 11.8 Å². The van der Waals surface area contributed by atoms with E-state index in [-0.39, 0.29) is 5.91 Å². The number of carbonyl (C=O) groups excluding carboxylic acids is 1. The first-order valence-electron chi connectivity index (χ1n) is 8.28. The summed E-state index contributed by atoms with van der Waals surface area (Å²) in [6, 6.07) is 14.1. The van der Waals surface area contributed by atoms with Crippen LogP contribution >= 0.6 is 23.4 Å². The van der Waals surface area contributed by atoms with Gasteiger partial charge in [0.15, 0.2) is 0 Å².